The first-order valence-corrected chi connectivity index (χ1v) is 11.1. The van der Waals surface area contributed by atoms with Crippen LogP contribution in [0.4, 0.5) is 5.69 Å². The second kappa shape index (κ2) is 9.96. The molecule has 0 aromatic carbocycles. The van der Waals surface area contributed by atoms with Crippen LogP contribution in [0, 0.1) is 25.3 Å². The van der Waals surface area contributed by atoms with Gasteiger partial charge in [0.2, 0.25) is 5.96 Å². The topological polar surface area (TPSA) is 95.0 Å². The summed E-state index contributed by atoms with van der Waals surface area (Å²) in [6.45, 7) is 11.5. The molecular formula is C23H29ClN8. The zero-order valence-corrected chi connectivity index (χ0v) is 20.2. The van der Waals surface area contributed by atoms with Gasteiger partial charge in [-0.05, 0) is 43.9 Å². The van der Waals surface area contributed by atoms with Crippen LogP contribution in [0.15, 0.2) is 23.2 Å². The first kappa shape index (κ1) is 23.5. The van der Waals surface area contributed by atoms with Crippen molar-refractivity contribution in [1.29, 1.82) is 5.26 Å². The number of rotatable bonds is 6. The van der Waals surface area contributed by atoms with Gasteiger partial charge in [0.25, 0.3) is 0 Å². The Bertz CT molecular complexity index is 1170. The van der Waals surface area contributed by atoms with Gasteiger partial charge >= 0.3 is 0 Å². The second-order valence-electron chi connectivity index (χ2n) is 8.15. The third-order valence-electron chi connectivity index (χ3n) is 5.13. The molecule has 0 bridgehead atoms. The molecule has 3 heterocycles. The summed E-state index contributed by atoms with van der Waals surface area (Å²) in [5.41, 5.74) is 5.35. The molecule has 0 unspecified atom stereocenters. The molecular weight excluding hydrogens is 424 g/mol. The number of nitriles is 1. The molecule has 168 valence electrons. The molecule has 0 aliphatic carbocycles. The number of nitrogens with zero attached hydrogens (tertiary/aromatic N) is 7. The third kappa shape index (κ3) is 5.17. The van der Waals surface area contributed by atoms with Crippen LogP contribution < -0.4 is 5.32 Å². The molecule has 0 radical (unpaired) electrons. The van der Waals surface area contributed by atoms with E-state index < -0.39 is 0 Å². The van der Waals surface area contributed by atoms with Gasteiger partial charge in [-0.15, -0.1) is 0 Å². The van der Waals surface area contributed by atoms with Crippen molar-refractivity contribution in [1.82, 2.24) is 30.0 Å². The normalized spacial score (nSPS) is 11.8. The lowest BCUT2D eigenvalue weighted by Crippen LogP contribution is -2.39. The first-order chi connectivity index (χ1) is 15.2. The molecule has 0 atom stereocenters. The van der Waals surface area contributed by atoms with Gasteiger partial charge in [0.15, 0.2) is 11.8 Å². The molecule has 0 aliphatic rings. The number of fused-ring (bicyclic) bond motifs is 1. The van der Waals surface area contributed by atoms with Gasteiger partial charge in [-0.1, -0.05) is 32.4 Å². The lowest BCUT2D eigenvalue weighted by molar-refractivity contribution is 0.397. The fraction of sp³-hybridized carbons (Fsp3) is 0.435. The van der Waals surface area contributed by atoms with Crippen molar-refractivity contribution >= 4 is 34.3 Å². The van der Waals surface area contributed by atoms with E-state index in [1.165, 1.54) is 5.56 Å². The largest absolute Gasteiger partial charge is 0.336 e. The number of guanidine groups is 1. The van der Waals surface area contributed by atoms with Gasteiger partial charge < -0.3 is 4.90 Å². The predicted octanol–water partition coefficient (Wildman–Crippen LogP) is 4.73. The molecule has 0 amide bonds. The number of hydrogen-bond donors (Lipinski definition) is 1. The number of nitrogens with one attached hydrogen (secondary N) is 1. The molecule has 9 heteroatoms. The summed E-state index contributed by atoms with van der Waals surface area (Å²) < 4.78 is 1.83. The standard InChI is InChI=1S/C23H29ClN8/c1-7-8-32(23(26-13-25)29-17-9-15(4)27-20(24)11-17)12-18-10-19(14(2)3)21-16(5)30-31(6)22(21)28-18/h9-11,14H,7-8,12H2,1-6H3,(H,26,27,29). The van der Waals surface area contributed by atoms with E-state index in [9.17, 15) is 5.26 Å². The Morgan fingerprint density at radius 2 is 2.03 bits per heavy atom. The van der Waals surface area contributed by atoms with Gasteiger partial charge in [-0.2, -0.15) is 10.4 Å². The van der Waals surface area contributed by atoms with Crippen molar-refractivity contribution < 1.29 is 0 Å². The Morgan fingerprint density at radius 1 is 1.28 bits per heavy atom. The van der Waals surface area contributed by atoms with Crippen molar-refractivity contribution in [3.05, 3.63) is 46.0 Å². The van der Waals surface area contributed by atoms with Crippen LogP contribution in [0.3, 0.4) is 0 Å². The smallest absolute Gasteiger partial charge is 0.212 e. The van der Waals surface area contributed by atoms with E-state index >= 15 is 0 Å². The highest BCUT2D eigenvalue weighted by atomic mass is 35.5. The van der Waals surface area contributed by atoms with Crippen molar-refractivity contribution in [2.75, 3.05) is 6.54 Å². The highest BCUT2D eigenvalue weighted by molar-refractivity contribution is 6.29. The maximum Gasteiger partial charge on any atom is 0.212 e. The molecule has 1 N–H and O–H groups in total. The van der Waals surface area contributed by atoms with E-state index in [0.717, 1.165) is 34.5 Å². The zero-order valence-electron chi connectivity index (χ0n) is 19.4. The fourth-order valence-corrected chi connectivity index (χ4v) is 4.06. The Labute approximate surface area is 193 Å². The summed E-state index contributed by atoms with van der Waals surface area (Å²) in [6, 6.07) is 5.65. The molecule has 3 aromatic heterocycles. The van der Waals surface area contributed by atoms with Crippen LogP contribution in [0.2, 0.25) is 5.15 Å². The first-order valence-electron chi connectivity index (χ1n) is 10.7. The van der Waals surface area contributed by atoms with Gasteiger partial charge in [-0.3, -0.25) is 10.00 Å². The minimum Gasteiger partial charge on any atom is -0.336 e. The average molecular weight is 453 g/mol. The van der Waals surface area contributed by atoms with Crippen LogP contribution in [0.25, 0.3) is 11.0 Å². The van der Waals surface area contributed by atoms with E-state index in [2.05, 4.69) is 47.2 Å². The summed E-state index contributed by atoms with van der Waals surface area (Å²) in [4.78, 5) is 15.8. The van der Waals surface area contributed by atoms with E-state index in [1.54, 1.807) is 6.07 Å². The lowest BCUT2D eigenvalue weighted by Gasteiger charge is -2.25. The summed E-state index contributed by atoms with van der Waals surface area (Å²) >= 11 is 6.10. The monoisotopic (exact) mass is 452 g/mol. The number of aliphatic imine (C=N–C) groups is 1. The Balaban J connectivity index is 2.06. The minimum absolute atomic E-state index is 0.328. The van der Waals surface area contributed by atoms with Crippen molar-refractivity contribution in [2.24, 2.45) is 12.0 Å². The fourth-order valence-electron chi connectivity index (χ4n) is 3.82. The predicted molar refractivity (Wildman–Crippen MR) is 128 cm³/mol. The van der Waals surface area contributed by atoms with Crippen LogP contribution in [0.5, 0.6) is 0 Å². The molecule has 0 saturated heterocycles. The minimum atomic E-state index is 0.328. The van der Waals surface area contributed by atoms with Gasteiger partial charge in [0.05, 0.1) is 23.6 Å². The van der Waals surface area contributed by atoms with Crippen LogP contribution in [0.1, 0.15) is 55.8 Å². The number of aryl methyl sites for hydroxylation is 3. The lowest BCUT2D eigenvalue weighted by atomic mass is 9.98. The van der Waals surface area contributed by atoms with Crippen molar-refractivity contribution in [2.45, 2.75) is 53.5 Å². The van der Waals surface area contributed by atoms with Crippen LogP contribution in [-0.4, -0.2) is 37.2 Å². The molecule has 32 heavy (non-hydrogen) atoms. The Kier molecular flexibility index (Phi) is 7.31. The molecule has 3 rings (SSSR count). The quantitative estimate of drug-likeness (QED) is 0.191. The Hall–Kier alpha value is -3.18. The SMILES string of the molecule is CCCN(Cc1cc(C(C)C)c2c(C)nn(C)c2n1)C(=Nc1cc(C)nc(Cl)c1)NC#N. The summed E-state index contributed by atoms with van der Waals surface area (Å²) in [5, 5.41) is 18.2. The van der Waals surface area contributed by atoms with Crippen molar-refractivity contribution in [3.8, 4) is 6.19 Å². The molecule has 8 nitrogen and oxygen atoms in total. The number of pyridine rings is 2. The molecule has 3 aromatic rings. The van der Waals surface area contributed by atoms with Gasteiger partial charge in [0.1, 0.15) is 5.15 Å². The van der Waals surface area contributed by atoms with E-state index in [4.69, 9.17) is 16.6 Å². The summed E-state index contributed by atoms with van der Waals surface area (Å²) in [5.74, 6) is 0.777. The average Bonchev–Trinajstić information content (AvgIpc) is 2.99. The zero-order chi connectivity index (χ0) is 23.4. The van der Waals surface area contributed by atoms with Crippen LogP contribution >= 0.6 is 11.6 Å². The molecule has 0 fully saturated rings. The van der Waals surface area contributed by atoms with E-state index in [1.807, 2.05) is 42.7 Å². The Morgan fingerprint density at radius 3 is 2.66 bits per heavy atom. The third-order valence-corrected chi connectivity index (χ3v) is 5.32. The second-order valence-corrected chi connectivity index (χ2v) is 8.54. The number of halogens is 1. The molecule has 0 saturated carbocycles. The number of hydrogen-bond acceptors (Lipinski definition) is 5. The van der Waals surface area contributed by atoms with Gasteiger partial charge in [0, 0.05) is 30.7 Å². The summed E-state index contributed by atoms with van der Waals surface area (Å²) in [6.07, 6.45) is 2.89. The van der Waals surface area contributed by atoms with E-state index in [-0.39, 0.29) is 0 Å². The summed E-state index contributed by atoms with van der Waals surface area (Å²) in [7, 11) is 1.92. The molecule has 0 spiro atoms. The van der Waals surface area contributed by atoms with Crippen molar-refractivity contribution in [3.63, 3.8) is 0 Å². The maximum absolute atomic E-state index is 9.37. The maximum atomic E-state index is 9.37. The highest BCUT2D eigenvalue weighted by Gasteiger charge is 2.18. The van der Waals surface area contributed by atoms with Crippen LogP contribution in [-0.2, 0) is 13.6 Å². The van der Waals surface area contributed by atoms with Gasteiger partial charge in [-0.25, -0.2) is 15.0 Å². The highest BCUT2D eigenvalue weighted by Crippen LogP contribution is 2.28. The number of aromatic nitrogens is 4. The molecule has 0 aliphatic heterocycles. The van der Waals surface area contributed by atoms with E-state index in [0.29, 0.717) is 35.8 Å².